The van der Waals surface area contributed by atoms with Crippen LogP contribution < -0.4 is 0 Å². The monoisotopic (exact) mass is 330 g/mol. The van der Waals surface area contributed by atoms with Gasteiger partial charge in [0.1, 0.15) is 0 Å². The van der Waals surface area contributed by atoms with Crippen molar-refractivity contribution in [1.82, 2.24) is 0 Å². The predicted molar refractivity (Wildman–Crippen MR) is 78.5 cm³/mol. The Bertz CT molecular complexity index is 488. The Labute approximate surface area is 117 Å². The zero-order chi connectivity index (χ0) is 13.7. The second kappa shape index (κ2) is 4.56. The molecule has 0 aromatic rings. The molecule has 0 saturated carbocycles. The summed E-state index contributed by atoms with van der Waals surface area (Å²) in [6.45, 7) is 3.92. The van der Waals surface area contributed by atoms with Crippen LogP contribution in [0.25, 0.3) is 0 Å². The molecule has 2 fully saturated rings. The summed E-state index contributed by atoms with van der Waals surface area (Å²) in [5, 5.41) is 0. The van der Waals surface area contributed by atoms with Crippen molar-refractivity contribution in [3.8, 4) is 0 Å². The third-order valence-electron chi connectivity index (χ3n) is 3.38. The molecule has 4 nitrogen and oxygen atoms in total. The van der Waals surface area contributed by atoms with E-state index in [2.05, 4.69) is 0 Å². The molecule has 2 heterocycles. The van der Waals surface area contributed by atoms with Crippen LogP contribution in [0.15, 0.2) is 0 Å². The van der Waals surface area contributed by atoms with Crippen LogP contribution in [0.5, 0.6) is 0 Å². The second-order valence-electron chi connectivity index (χ2n) is 5.75. The summed E-state index contributed by atoms with van der Waals surface area (Å²) in [4.78, 5) is 0. The van der Waals surface area contributed by atoms with Crippen LogP contribution in [0.4, 0.5) is 0 Å². The summed E-state index contributed by atoms with van der Waals surface area (Å²) in [6, 6.07) is 0. The smallest absolute Gasteiger partial charge is 0.151 e. The average Bonchev–Trinajstić information content (AvgIpc) is 2.63. The van der Waals surface area contributed by atoms with Crippen molar-refractivity contribution in [3.05, 3.63) is 0 Å². The molecule has 2 atom stereocenters. The maximum absolute atomic E-state index is 11.5. The van der Waals surface area contributed by atoms with Gasteiger partial charge in [-0.2, -0.15) is 0 Å². The fourth-order valence-electron chi connectivity index (χ4n) is 2.29. The number of hydrogen-bond acceptors (Lipinski definition) is 6. The minimum Gasteiger partial charge on any atom is -0.229 e. The molecule has 106 valence electrons. The molecule has 2 saturated heterocycles. The lowest BCUT2D eigenvalue weighted by atomic mass is 10.1. The normalized spacial score (nSPS) is 42.1. The molecular formula is C10H18O4S4. The molecular weight excluding hydrogens is 312 g/mol. The molecule has 2 unspecified atom stereocenters. The summed E-state index contributed by atoms with van der Waals surface area (Å²) in [5.74, 6) is 0.930. The van der Waals surface area contributed by atoms with E-state index < -0.39 is 19.7 Å². The fourth-order valence-corrected chi connectivity index (χ4v) is 11.3. The first-order valence-corrected chi connectivity index (χ1v) is 11.6. The maximum Gasteiger partial charge on any atom is 0.151 e. The van der Waals surface area contributed by atoms with Crippen LogP contribution in [-0.4, -0.2) is 49.3 Å². The quantitative estimate of drug-likeness (QED) is 0.731. The standard InChI is InChI=1S/C10H18O4S4/c1-9(3-5-17(11,12)7-9)15-16-10(2)4-6-18(13,14)8-10/h3-8H2,1-2H3. The zero-order valence-electron chi connectivity index (χ0n) is 10.5. The van der Waals surface area contributed by atoms with Gasteiger partial charge in [0.25, 0.3) is 0 Å². The maximum atomic E-state index is 11.5. The second-order valence-corrected chi connectivity index (χ2v) is 13.4. The van der Waals surface area contributed by atoms with Crippen LogP contribution in [-0.2, 0) is 19.7 Å². The molecule has 0 spiro atoms. The van der Waals surface area contributed by atoms with Gasteiger partial charge < -0.3 is 0 Å². The van der Waals surface area contributed by atoms with Crippen molar-refractivity contribution in [2.75, 3.05) is 23.0 Å². The van der Waals surface area contributed by atoms with Crippen molar-refractivity contribution in [1.29, 1.82) is 0 Å². The van der Waals surface area contributed by atoms with Gasteiger partial charge in [-0.3, -0.25) is 0 Å². The van der Waals surface area contributed by atoms with Crippen molar-refractivity contribution < 1.29 is 16.8 Å². The van der Waals surface area contributed by atoms with Gasteiger partial charge in [-0.25, -0.2) is 16.8 Å². The van der Waals surface area contributed by atoms with Crippen molar-refractivity contribution in [3.63, 3.8) is 0 Å². The molecule has 2 aliphatic heterocycles. The highest BCUT2D eigenvalue weighted by Crippen LogP contribution is 2.51. The highest BCUT2D eigenvalue weighted by atomic mass is 33.1. The van der Waals surface area contributed by atoms with E-state index in [1.807, 2.05) is 13.8 Å². The first-order valence-electron chi connectivity index (χ1n) is 5.81. The summed E-state index contributed by atoms with van der Waals surface area (Å²) < 4.78 is 45.5. The summed E-state index contributed by atoms with van der Waals surface area (Å²) in [6.07, 6.45) is 1.33. The lowest BCUT2D eigenvalue weighted by Crippen LogP contribution is -2.25. The van der Waals surface area contributed by atoms with E-state index in [0.717, 1.165) is 0 Å². The van der Waals surface area contributed by atoms with Crippen molar-refractivity contribution in [2.45, 2.75) is 36.2 Å². The summed E-state index contributed by atoms with van der Waals surface area (Å²) in [7, 11) is -2.67. The molecule has 2 rings (SSSR count). The van der Waals surface area contributed by atoms with Gasteiger partial charge in [-0.1, -0.05) is 21.6 Å². The van der Waals surface area contributed by atoms with Crippen molar-refractivity contribution >= 4 is 41.3 Å². The fraction of sp³-hybridized carbons (Fsp3) is 1.00. The number of hydrogen-bond donors (Lipinski definition) is 0. The van der Waals surface area contributed by atoms with E-state index >= 15 is 0 Å². The van der Waals surface area contributed by atoms with Gasteiger partial charge in [0.05, 0.1) is 23.0 Å². The van der Waals surface area contributed by atoms with Gasteiger partial charge in [-0.05, 0) is 26.7 Å². The number of rotatable bonds is 3. The first-order chi connectivity index (χ1) is 8.04. The molecule has 18 heavy (non-hydrogen) atoms. The molecule has 2 aliphatic rings. The lowest BCUT2D eigenvalue weighted by molar-refractivity contribution is 0.599. The number of sulfone groups is 2. The van der Waals surface area contributed by atoms with Gasteiger partial charge in [0, 0.05) is 9.49 Å². The molecule has 0 aliphatic carbocycles. The Kier molecular flexibility index (Phi) is 3.80. The van der Waals surface area contributed by atoms with E-state index in [1.165, 1.54) is 0 Å². The topological polar surface area (TPSA) is 68.3 Å². The largest absolute Gasteiger partial charge is 0.229 e. The minimum atomic E-state index is -2.89. The predicted octanol–water partition coefficient (Wildman–Crippen LogP) is 1.52. The average molecular weight is 331 g/mol. The highest BCUT2D eigenvalue weighted by molar-refractivity contribution is 8.77. The van der Waals surface area contributed by atoms with Crippen LogP contribution in [0, 0.1) is 0 Å². The zero-order valence-corrected chi connectivity index (χ0v) is 13.8. The highest BCUT2D eigenvalue weighted by Gasteiger charge is 2.44. The Balaban J connectivity index is 1.97. The van der Waals surface area contributed by atoms with E-state index in [0.29, 0.717) is 12.8 Å². The van der Waals surface area contributed by atoms with Crippen molar-refractivity contribution in [2.24, 2.45) is 0 Å². The molecule has 8 heteroatoms. The third-order valence-corrected chi connectivity index (χ3v) is 11.8. The van der Waals surface area contributed by atoms with E-state index in [1.54, 1.807) is 21.6 Å². The van der Waals surface area contributed by atoms with E-state index in [4.69, 9.17) is 0 Å². The molecule has 0 aromatic carbocycles. The van der Waals surface area contributed by atoms with Crippen LogP contribution in [0.1, 0.15) is 26.7 Å². The van der Waals surface area contributed by atoms with E-state index in [9.17, 15) is 16.8 Å². The van der Waals surface area contributed by atoms with Gasteiger partial charge in [0.2, 0.25) is 0 Å². The Hall–Kier alpha value is 0.600. The van der Waals surface area contributed by atoms with Gasteiger partial charge in [-0.15, -0.1) is 0 Å². The molecule has 0 N–H and O–H groups in total. The van der Waals surface area contributed by atoms with Crippen LogP contribution >= 0.6 is 21.6 Å². The van der Waals surface area contributed by atoms with Gasteiger partial charge in [0.15, 0.2) is 19.7 Å². The SMILES string of the molecule is CC1(SSC2(C)CCS(=O)(=O)C2)CCS(=O)(=O)C1. The molecule has 0 aromatic heterocycles. The Morgan fingerprint density at radius 2 is 1.11 bits per heavy atom. The molecule has 0 bridgehead atoms. The van der Waals surface area contributed by atoms with Crippen LogP contribution in [0.3, 0.4) is 0 Å². The lowest BCUT2D eigenvalue weighted by Gasteiger charge is -2.27. The Morgan fingerprint density at radius 1 is 0.778 bits per heavy atom. The molecule has 0 amide bonds. The van der Waals surface area contributed by atoms with E-state index in [-0.39, 0.29) is 32.5 Å². The first kappa shape index (κ1) is 15.0. The summed E-state index contributed by atoms with van der Waals surface area (Å²) >= 11 is 0. The minimum absolute atomic E-state index is 0.209. The molecule has 0 radical (unpaired) electrons. The third kappa shape index (κ3) is 3.58. The summed E-state index contributed by atoms with van der Waals surface area (Å²) in [5.41, 5.74) is 0. The van der Waals surface area contributed by atoms with Gasteiger partial charge >= 0.3 is 0 Å². The van der Waals surface area contributed by atoms with Crippen LogP contribution in [0.2, 0.25) is 0 Å². The Morgan fingerprint density at radius 3 is 1.33 bits per heavy atom.